The maximum Gasteiger partial charge on any atom is 0.116 e. The van der Waals surface area contributed by atoms with E-state index in [1.54, 1.807) is 6.20 Å². The number of nitrogens with zero attached hydrogens (tertiary/aromatic N) is 2. The zero-order chi connectivity index (χ0) is 15.2. The van der Waals surface area contributed by atoms with Crippen molar-refractivity contribution in [3.8, 4) is 0 Å². The minimum atomic E-state index is 0.697. The largest absolute Gasteiger partial charge is 0.278 e. The molecule has 3 aromatic rings. The summed E-state index contributed by atoms with van der Waals surface area (Å²) in [5.74, 6) is 0. The molecule has 3 rings (SSSR count). The van der Waals surface area contributed by atoms with Gasteiger partial charge in [-0.15, -0.1) is 0 Å². The highest BCUT2D eigenvalue weighted by molar-refractivity contribution is 6.30. The molecule has 0 unspecified atom stereocenters. The third-order valence-electron chi connectivity index (χ3n) is 3.10. The van der Waals surface area contributed by atoms with Crippen molar-refractivity contribution >= 4 is 23.0 Å². The maximum absolute atomic E-state index is 5.89. The fourth-order valence-corrected chi connectivity index (χ4v) is 2.14. The van der Waals surface area contributed by atoms with E-state index in [2.05, 4.69) is 15.5 Å². The monoisotopic (exact) mass is 307 g/mol. The minimum Gasteiger partial charge on any atom is -0.278 e. The smallest absolute Gasteiger partial charge is 0.116 e. The molecule has 0 saturated carbocycles. The zero-order valence-corrected chi connectivity index (χ0v) is 12.5. The van der Waals surface area contributed by atoms with E-state index < -0.39 is 0 Å². The Morgan fingerprint density at radius 1 is 0.864 bits per heavy atom. The van der Waals surface area contributed by atoms with E-state index in [0.29, 0.717) is 5.02 Å². The van der Waals surface area contributed by atoms with Gasteiger partial charge in [0, 0.05) is 16.8 Å². The minimum absolute atomic E-state index is 0.697. The van der Waals surface area contributed by atoms with E-state index in [-0.39, 0.29) is 0 Å². The molecule has 0 aliphatic carbocycles. The van der Waals surface area contributed by atoms with Gasteiger partial charge in [-0.3, -0.25) is 10.4 Å². The molecule has 0 radical (unpaired) electrons. The summed E-state index contributed by atoms with van der Waals surface area (Å²) in [6, 6.07) is 23.1. The molecule has 0 spiro atoms. The molecule has 108 valence electrons. The molecular formula is C18H14ClN3. The molecular weight excluding hydrogens is 294 g/mol. The second-order valence-corrected chi connectivity index (χ2v) is 5.10. The van der Waals surface area contributed by atoms with Crippen molar-refractivity contribution < 1.29 is 0 Å². The Kier molecular flexibility index (Phi) is 4.47. The van der Waals surface area contributed by atoms with Crippen molar-refractivity contribution in [3.05, 3.63) is 95.3 Å². The Morgan fingerprint density at radius 3 is 2.27 bits per heavy atom. The predicted octanol–water partition coefficient (Wildman–Crippen LogP) is 4.60. The van der Waals surface area contributed by atoms with Gasteiger partial charge in [0.2, 0.25) is 0 Å². The molecule has 1 aromatic heterocycles. The van der Waals surface area contributed by atoms with Gasteiger partial charge < -0.3 is 0 Å². The number of halogens is 1. The lowest BCUT2D eigenvalue weighted by Gasteiger charge is -2.07. The Labute approximate surface area is 134 Å². The highest BCUT2D eigenvalue weighted by atomic mass is 35.5. The van der Waals surface area contributed by atoms with E-state index >= 15 is 0 Å². The van der Waals surface area contributed by atoms with Crippen molar-refractivity contribution in [2.45, 2.75) is 0 Å². The Balaban J connectivity index is 1.95. The maximum atomic E-state index is 5.89. The molecule has 0 amide bonds. The van der Waals surface area contributed by atoms with Crippen LogP contribution in [0.5, 0.6) is 0 Å². The van der Waals surface area contributed by atoms with Gasteiger partial charge in [-0.25, -0.2) is 0 Å². The third-order valence-corrected chi connectivity index (χ3v) is 3.35. The van der Waals surface area contributed by atoms with Crippen LogP contribution >= 0.6 is 11.6 Å². The number of anilines is 1. The summed E-state index contributed by atoms with van der Waals surface area (Å²) < 4.78 is 0. The van der Waals surface area contributed by atoms with Gasteiger partial charge >= 0.3 is 0 Å². The van der Waals surface area contributed by atoms with Crippen molar-refractivity contribution in [2.75, 3.05) is 5.43 Å². The van der Waals surface area contributed by atoms with Crippen LogP contribution in [0.15, 0.2) is 84.1 Å². The molecule has 0 aliphatic rings. The van der Waals surface area contributed by atoms with E-state index in [1.165, 1.54) is 0 Å². The van der Waals surface area contributed by atoms with Crippen LogP contribution < -0.4 is 5.43 Å². The number of nitrogens with one attached hydrogen (secondary N) is 1. The molecule has 4 heteroatoms. The van der Waals surface area contributed by atoms with Crippen LogP contribution in [0.3, 0.4) is 0 Å². The highest BCUT2D eigenvalue weighted by Crippen LogP contribution is 2.15. The quantitative estimate of drug-likeness (QED) is 0.565. The van der Waals surface area contributed by atoms with Gasteiger partial charge in [0.1, 0.15) is 5.71 Å². The summed E-state index contributed by atoms with van der Waals surface area (Å²) >= 11 is 5.89. The van der Waals surface area contributed by atoms with Gasteiger partial charge in [0.05, 0.1) is 11.4 Å². The lowest BCUT2D eigenvalue weighted by molar-refractivity contribution is 1.25. The number of hydrogen-bond donors (Lipinski definition) is 1. The summed E-state index contributed by atoms with van der Waals surface area (Å²) in [6.07, 6.45) is 1.76. The average Bonchev–Trinajstić information content (AvgIpc) is 2.59. The summed E-state index contributed by atoms with van der Waals surface area (Å²) in [5.41, 5.74) is 6.53. The molecule has 1 N–H and O–H groups in total. The Morgan fingerprint density at radius 2 is 1.59 bits per heavy atom. The Hall–Kier alpha value is -2.65. The summed E-state index contributed by atoms with van der Waals surface area (Å²) in [4.78, 5) is 4.39. The lowest BCUT2D eigenvalue weighted by Crippen LogP contribution is -2.08. The molecule has 1 heterocycles. The van der Waals surface area contributed by atoms with Crippen molar-refractivity contribution in [3.63, 3.8) is 0 Å². The van der Waals surface area contributed by atoms with Gasteiger partial charge in [-0.05, 0) is 36.4 Å². The number of aromatic nitrogens is 1. The van der Waals surface area contributed by atoms with E-state index in [9.17, 15) is 0 Å². The van der Waals surface area contributed by atoms with E-state index in [0.717, 1.165) is 22.7 Å². The van der Waals surface area contributed by atoms with Crippen LogP contribution in [0, 0.1) is 0 Å². The molecule has 0 atom stereocenters. The molecule has 0 saturated heterocycles. The van der Waals surface area contributed by atoms with E-state index in [4.69, 9.17) is 11.6 Å². The topological polar surface area (TPSA) is 37.3 Å². The first kappa shape index (κ1) is 14.3. The molecule has 0 aliphatic heterocycles. The van der Waals surface area contributed by atoms with Crippen LogP contribution in [0.4, 0.5) is 5.69 Å². The fourth-order valence-electron chi connectivity index (χ4n) is 2.01. The molecule has 2 aromatic carbocycles. The number of hydrogen-bond acceptors (Lipinski definition) is 3. The number of hydrazone groups is 1. The summed E-state index contributed by atoms with van der Waals surface area (Å²) in [6.45, 7) is 0. The van der Waals surface area contributed by atoms with E-state index in [1.807, 2.05) is 72.8 Å². The standard InChI is InChI=1S/C18H14ClN3/c19-15-9-11-16(12-10-15)21-22-18(14-6-2-1-3-7-14)17-8-4-5-13-20-17/h1-13,21H/b22-18+. The van der Waals surface area contributed by atoms with Crippen molar-refractivity contribution in [1.82, 2.24) is 4.98 Å². The predicted molar refractivity (Wildman–Crippen MR) is 91.4 cm³/mol. The fraction of sp³-hybridized carbons (Fsp3) is 0. The van der Waals surface area contributed by atoms with Crippen LogP contribution in [-0.2, 0) is 0 Å². The lowest BCUT2D eigenvalue weighted by atomic mass is 10.1. The SMILES string of the molecule is Clc1ccc(N/N=C(\c2ccccc2)c2ccccn2)cc1. The second-order valence-electron chi connectivity index (χ2n) is 4.66. The van der Waals surface area contributed by atoms with Gasteiger partial charge in [0.15, 0.2) is 0 Å². The zero-order valence-electron chi connectivity index (χ0n) is 11.8. The summed E-state index contributed by atoms with van der Waals surface area (Å²) in [7, 11) is 0. The van der Waals surface area contributed by atoms with Crippen LogP contribution in [0.2, 0.25) is 5.02 Å². The molecule has 22 heavy (non-hydrogen) atoms. The van der Waals surface area contributed by atoms with Gasteiger partial charge in [0.25, 0.3) is 0 Å². The average molecular weight is 308 g/mol. The Bertz CT molecular complexity index is 712. The molecule has 0 fully saturated rings. The van der Waals surface area contributed by atoms with Gasteiger partial charge in [-0.2, -0.15) is 5.10 Å². The highest BCUT2D eigenvalue weighted by Gasteiger charge is 2.07. The summed E-state index contributed by atoms with van der Waals surface area (Å²) in [5, 5.41) is 5.22. The van der Waals surface area contributed by atoms with Crippen LogP contribution in [-0.4, -0.2) is 10.7 Å². The molecule has 0 bridgehead atoms. The first-order valence-electron chi connectivity index (χ1n) is 6.89. The molecule has 3 nitrogen and oxygen atoms in total. The van der Waals surface area contributed by atoms with Gasteiger partial charge in [-0.1, -0.05) is 48.0 Å². The second kappa shape index (κ2) is 6.87. The van der Waals surface area contributed by atoms with Crippen molar-refractivity contribution in [1.29, 1.82) is 0 Å². The first-order chi connectivity index (χ1) is 10.8. The number of benzene rings is 2. The normalized spacial score (nSPS) is 11.2. The first-order valence-corrected chi connectivity index (χ1v) is 7.27. The number of rotatable bonds is 4. The third kappa shape index (κ3) is 3.51. The van der Waals surface area contributed by atoms with Crippen molar-refractivity contribution in [2.24, 2.45) is 5.10 Å². The number of pyridine rings is 1. The van der Waals surface area contributed by atoms with Crippen LogP contribution in [0.1, 0.15) is 11.3 Å². The van der Waals surface area contributed by atoms with Crippen LogP contribution in [0.25, 0.3) is 0 Å².